The van der Waals surface area contributed by atoms with Gasteiger partial charge in [0.25, 0.3) is 0 Å². The van der Waals surface area contributed by atoms with Gasteiger partial charge < -0.3 is 9.64 Å². The number of nitrogens with zero attached hydrogens (tertiary/aromatic N) is 1. The number of carbonyl (C=O) groups excluding carboxylic acids is 2. The molecule has 0 bridgehead atoms. The zero-order chi connectivity index (χ0) is 14.6. The van der Waals surface area contributed by atoms with Crippen molar-refractivity contribution in [1.29, 1.82) is 0 Å². The Balaban J connectivity index is 2.92. The standard InChI is InChI=1S/C15H21NO3/c1-6-15(2,3)14(18)16(4)12-9-7-11(8-10-12)13(17)19-5/h7-10H,6H2,1-5H3. The first-order valence-electron chi connectivity index (χ1n) is 6.30. The van der Waals surface area contributed by atoms with Crippen LogP contribution >= 0.6 is 0 Å². The van der Waals surface area contributed by atoms with Crippen LogP contribution < -0.4 is 4.90 Å². The Bertz CT molecular complexity index is 463. The second kappa shape index (κ2) is 5.87. The van der Waals surface area contributed by atoms with Gasteiger partial charge in [0, 0.05) is 18.2 Å². The molecule has 0 aliphatic carbocycles. The molecule has 104 valence electrons. The highest BCUT2D eigenvalue weighted by atomic mass is 16.5. The van der Waals surface area contributed by atoms with Crippen LogP contribution in [0.2, 0.25) is 0 Å². The van der Waals surface area contributed by atoms with Gasteiger partial charge in [-0.05, 0) is 30.7 Å². The average Bonchev–Trinajstić information content (AvgIpc) is 2.44. The SMILES string of the molecule is CCC(C)(C)C(=O)N(C)c1ccc(C(=O)OC)cc1. The number of anilines is 1. The number of hydrogen-bond acceptors (Lipinski definition) is 3. The van der Waals surface area contributed by atoms with Crippen LogP contribution in [0.1, 0.15) is 37.6 Å². The molecule has 0 saturated heterocycles. The Morgan fingerprint density at radius 2 is 1.74 bits per heavy atom. The van der Waals surface area contributed by atoms with E-state index in [1.54, 1.807) is 36.2 Å². The molecule has 1 aromatic carbocycles. The summed E-state index contributed by atoms with van der Waals surface area (Å²) in [7, 11) is 3.09. The minimum absolute atomic E-state index is 0.0563. The van der Waals surface area contributed by atoms with E-state index in [4.69, 9.17) is 0 Å². The highest BCUT2D eigenvalue weighted by molar-refractivity contribution is 5.97. The molecular weight excluding hydrogens is 242 g/mol. The van der Waals surface area contributed by atoms with E-state index in [-0.39, 0.29) is 11.9 Å². The summed E-state index contributed by atoms with van der Waals surface area (Å²) in [6.45, 7) is 5.84. The second-order valence-electron chi connectivity index (χ2n) is 5.14. The minimum Gasteiger partial charge on any atom is -0.465 e. The largest absolute Gasteiger partial charge is 0.465 e. The quantitative estimate of drug-likeness (QED) is 0.785. The van der Waals surface area contributed by atoms with E-state index in [0.29, 0.717) is 5.56 Å². The van der Waals surface area contributed by atoms with Gasteiger partial charge in [0.15, 0.2) is 0 Å². The lowest BCUT2D eigenvalue weighted by Gasteiger charge is -2.28. The summed E-state index contributed by atoms with van der Waals surface area (Å²) in [6.07, 6.45) is 0.774. The van der Waals surface area contributed by atoms with Crippen LogP contribution in [0.15, 0.2) is 24.3 Å². The first kappa shape index (κ1) is 15.2. The van der Waals surface area contributed by atoms with Crippen LogP contribution in [-0.2, 0) is 9.53 Å². The van der Waals surface area contributed by atoms with E-state index in [2.05, 4.69) is 4.74 Å². The van der Waals surface area contributed by atoms with Gasteiger partial charge in [0.1, 0.15) is 0 Å². The lowest BCUT2D eigenvalue weighted by Crippen LogP contribution is -2.38. The van der Waals surface area contributed by atoms with Crippen LogP contribution in [0.4, 0.5) is 5.69 Å². The number of esters is 1. The molecule has 0 aliphatic rings. The van der Waals surface area contributed by atoms with Crippen molar-refractivity contribution in [2.45, 2.75) is 27.2 Å². The van der Waals surface area contributed by atoms with Crippen LogP contribution in [0, 0.1) is 5.41 Å². The maximum Gasteiger partial charge on any atom is 0.337 e. The van der Waals surface area contributed by atoms with E-state index in [9.17, 15) is 9.59 Å². The maximum atomic E-state index is 12.3. The van der Waals surface area contributed by atoms with Crippen molar-refractivity contribution in [3.05, 3.63) is 29.8 Å². The smallest absolute Gasteiger partial charge is 0.337 e. The number of methoxy groups -OCH3 is 1. The zero-order valence-corrected chi connectivity index (χ0v) is 12.2. The van der Waals surface area contributed by atoms with E-state index >= 15 is 0 Å². The van der Waals surface area contributed by atoms with Gasteiger partial charge in [-0.15, -0.1) is 0 Å². The third-order valence-corrected chi connectivity index (χ3v) is 3.44. The Morgan fingerprint density at radius 3 is 2.16 bits per heavy atom. The fourth-order valence-corrected chi connectivity index (χ4v) is 1.66. The fourth-order valence-electron chi connectivity index (χ4n) is 1.66. The lowest BCUT2D eigenvalue weighted by atomic mass is 9.88. The highest BCUT2D eigenvalue weighted by Gasteiger charge is 2.29. The summed E-state index contributed by atoms with van der Waals surface area (Å²) in [5.74, 6) is -0.324. The van der Waals surface area contributed by atoms with Crippen molar-refractivity contribution in [3.8, 4) is 0 Å². The highest BCUT2D eigenvalue weighted by Crippen LogP contribution is 2.25. The normalized spacial score (nSPS) is 11.0. The Hall–Kier alpha value is -1.84. The molecule has 0 fully saturated rings. The molecule has 0 unspecified atom stereocenters. The Morgan fingerprint density at radius 1 is 1.21 bits per heavy atom. The zero-order valence-electron chi connectivity index (χ0n) is 12.2. The predicted octanol–water partition coefficient (Wildman–Crippen LogP) is 2.87. The van der Waals surface area contributed by atoms with E-state index < -0.39 is 5.41 Å². The summed E-state index contributed by atoms with van der Waals surface area (Å²) in [6, 6.07) is 6.81. The van der Waals surface area contributed by atoms with Crippen LogP contribution in [0.5, 0.6) is 0 Å². The number of hydrogen-bond donors (Lipinski definition) is 0. The van der Waals surface area contributed by atoms with Crippen molar-refractivity contribution in [2.75, 3.05) is 19.1 Å². The molecule has 0 aliphatic heterocycles. The summed E-state index contributed by atoms with van der Waals surface area (Å²) < 4.78 is 4.64. The van der Waals surface area contributed by atoms with Gasteiger partial charge in [0.2, 0.25) is 5.91 Å². The first-order valence-corrected chi connectivity index (χ1v) is 6.30. The second-order valence-corrected chi connectivity index (χ2v) is 5.14. The molecule has 1 aromatic rings. The lowest BCUT2D eigenvalue weighted by molar-refractivity contribution is -0.126. The molecule has 0 radical (unpaired) electrons. The molecule has 0 saturated carbocycles. The van der Waals surface area contributed by atoms with Crippen molar-refractivity contribution in [1.82, 2.24) is 0 Å². The molecular formula is C15H21NO3. The van der Waals surface area contributed by atoms with Gasteiger partial charge in [-0.25, -0.2) is 4.79 Å². The third kappa shape index (κ3) is 3.34. The van der Waals surface area contributed by atoms with Crippen molar-refractivity contribution in [2.24, 2.45) is 5.41 Å². The maximum absolute atomic E-state index is 12.3. The van der Waals surface area contributed by atoms with E-state index in [0.717, 1.165) is 12.1 Å². The van der Waals surface area contributed by atoms with E-state index in [1.165, 1.54) is 7.11 Å². The molecule has 0 atom stereocenters. The van der Waals surface area contributed by atoms with Crippen molar-refractivity contribution < 1.29 is 14.3 Å². The molecule has 0 N–H and O–H groups in total. The monoisotopic (exact) mass is 263 g/mol. The molecule has 0 heterocycles. The van der Waals surface area contributed by atoms with Crippen molar-refractivity contribution in [3.63, 3.8) is 0 Å². The molecule has 4 heteroatoms. The average molecular weight is 263 g/mol. The van der Waals surface area contributed by atoms with Gasteiger partial charge in [-0.3, -0.25) is 4.79 Å². The number of rotatable bonds is 4. The van der Waals surface area contributed by atoms with Gasteiger partial charge >= 0.3 is 5.97 Å². The van der Waals surface area contributed by atoms with Gasteiger partial charge in [0.05, 0.1) is 12.7 Å². The fraction of sp³-hybridized carbons (Fsp3) is 0.467. The summed E-state index contributed by atoms with van der Waals surface area (Å²) in [5.41, 5.74) is 0.844. The molecule has 1 rings (SSSR count). The third-order valence-electron chi connectivity index (χ3n) is 3.44. The van der Waals surface area contributed by atoms with Crippen LogP contribution in [0.3, 0.4) is 0 Å². The van der Waals surface area contributed by atoms with Crippen LogP contribution in [0.25, 0.3) is 0 Å². The van der Waals surface area contributed by atoms with Gasteiger partial charge in [-0.2, -0.15) is 0 Å². The molecule has 0 aromatic heterocycles. The van der Waals surface area contributed by atoms with Gasteiger partial charge in [-0.1, -0.05) is 20.8 Å². The Labute approximate surface area is 114 Å². The minimum atomic E-state index is -0.393. The van der Waals surface area contributed by atoms with E-state index in [1.807, 2.05) is 20.8 Å². The number of amides is 1. The molecule has 19 heavy (non-hydrogen) atoms. The predicted molar refractivity (Wildman–Crippen MR) is 75.3 cm³/mol. The molecule has 4 nitrogen and oxygen atoms in total. The summed E-state index contributed by atoms with van der Waals surface area (Å²) in [4.78, 5) is 25.3. The summed E-state index contributed by atoms with van der Waals surface area (Å²) >= 11 is 0. The topological polar surface area (TPSA) is 46.6 Å². The van der Waals surface area contributed by atoms with Crippen LogP contribution in [-0.4, -0.2) is 26.0 Å². The van der Waals surface area contributed by atoms with Crippen molar-refractivity contribution >= 4 is 17.6 Å². The molecule has 1 amide bonds. The molecule has 0 spiro atoms. The number of benzene rings is 1. The number of ether oxygens (including phenoxy) is 1. The first-order chi connectivity index (χ1) is 8.83. The number of carbonyl (C=O) groups is 2. The Kier molecular flexibility index (Phi) is 4.70. The summed E-state index contributed by atoms with van der Waals surface area (Å²) in [5, 5.41) is 0.